The number of rotatable bonds is 1. The van der Waals surface area contributed by atoms with Gasteiger partial charge in [-0.2, -0.15) is 10.5 Å². The van der Waals surface area contributed by atoms with Crippen molar-refractivity contribution in [3.05, 3.63) is 125 Å². The van der Waals surface area contributed by atoms with Crippen LogP contribution in [0.4, 0.5) is 28.4 Å². The van der Waals surface area contributed by atoms with E-state index in [1.807, 2.05) is 24.3 Å². The minimum atomic E-state index is -2.26. The largest absolute Gasteiger partial charge is 0.375 e. The Bertz CT molecular complexity index is 2030. The molecule has 0 aromatic heterocycles. The van der Waals surface area contributed by atoms with Gasteiger partial charge in [0.15, 0.2) is 0 Å². The van der Waals surface area contributed by atoms with Gasteiger partial charge in [-0.05, 0) is 56.7 Å². The molecule has 0 aliphatic carbocycles. The second kappa shape index (κ2) is 8.74. The summed E-state index contributed by atoms with van der Waals surface area (Å²) in [6.45, 7) is 9.07. The molecule has 5 aromatic carbocycles. The highest BCUT2D eigenvalue weighted by molar-refractivity contribution is 7.04. The van der Waals surface area contributed by atoms with Gasteiger partial charge < -0.3 is 9.71 Å². The fraction of sp³-hybridized carbons (Fsp3) is 0.135. The maximum absolute atomic E-state index is 10.5. The maximum atomic E-state index is 10.5. The van der Waals surface area contributed by atoms with Crippen LogP contribution < -0.4 is 31.0 Å². The summed E-state index contributed by atoms with van der Waals surface area (Å²) in [5, 5.41) is 23.5. The molecule has 3 aliphatic rings. The molecular weight excluding hydrogens is 539 g/mol. The van der Waals surface area contributed by atoms with Gasteiger partial charge in [-0.15, -0.1) is 0 Å². The number of nitriles is 2. The monoisotopic (exact) mass is 568 g/mol. The smallest absolute Gasteiger partial charge is 0.332 e. The summed E-state index contributed by atoms with van der Waals surface area (Å²) in [5.41, 5.74) is 11.4. The van der Waals surface area contributed by atoms with Crippen molar-refractivity contribution in [1.29, 1.82) is 10.5 Å². The average Bonchev–Trinajstić information content (AvgIpc) is 3.03. The summed E-state index contributed by atoms with van der Waals surface area (Å²) in [6.07, 6.45) is 0. The molecular formula is C37H29BN4Si. The van der Waals surface area contributed by atoms with Crippen LogP contribution in [0.5, 0.6) is 0 Å². The lowest BCUT2D eigenvalue weighted by Gasteiger charge is -2.50. The van der Waals surface area contributed by atoms with E-state index >= 15 is 0 Å². The molecule has 0 N–H and O–H groups in total. The molecule has 0 saturated carbocycles. The third-order valence-electron chi connectivity index (χ3n) is 9.95. The van der Waals surface area contributed by atoms with Gasteiger partial charge >= 0.3 is 6.85 Å². The number of benzene rings is 5. The minimum absolute atomic E-state index is 0.211. The number of hydrogen-bond acceptors (Lipinski definition) is 4. The highest BCUT2D eigenvalue weighted by atomic mass is 28.3. The zero-order valence-electron chi connectivity index (χ0n) is 24.7. The summed E-state index contributed by atoms with van der Waals surface area (Å²) in [6, 6.07) is 41.5. The lowest BCUT2D eigenvalue weighted by atomic mass is 9.45. The second-order valence-electron chi connectivity index (χ2n) is 12.8. The van der Waals surface area contributed by atoms with E-state index in [2.05, 4.69) is 128 Å². The molecule has 3 aliphatic heterocycles. The van der Waals surface area contributed by atoms with Crippen molar-refractivity contribution in [2.45, 2.75) is 32.4 Å². The van der Waals surface area contributed by atoms with E-state index in [0.29, 0.717) is 11.1 Å². The van der Waals surface area contributed by atoms with Crippen molar-refractivity contribution >= 4 is 64.7 Å². The summed E-state index contributed by atoms with van der Waals surface area (Å²) < 4.78 is 0. The Hall–Kier alpha value is -5.04. The van der Waals surface area contributed by atoms with Crippen molar-refractivity contribution in [3.63, 3.8) is 0 Å². The molecule has 0 fully saturated rings. The van der Waals surface area contributed by atoms with Crippen molar-refractivity contribution in [3.8, 4) is 12.1 Å². The molecule has 0 unspecified atom stereocenters. The van der Waals surface area contributed by atoms with Crippen molar-refractivity contribution in [1.82, 2.24) is 0 Å². The summed E-state index contributed by atoms with van der Waals surface area (Å²) in [4.78, 5) is 4.78. The molecule has 204 valence electrons. The fourth-order valence-electron chi connectivity index (χ4n) is 7.93. The summed E-state index contributed by atoms with van der Waals surface area (Å²) in [5.74, 6) is 0. The lowest BCUT2D eigenvalue weighted by Crippen LogP contribution is -2.67. The van der Waals surface area contributed by atoms with Crippen LogP contribution in [0.25, 0.3) is 0 Å². The normalized spacial score (nSPS) is 16.1. The number of anilines is 5. The number of nitrogens with zero attached hydrogens (tertiary/aromatic N) is 4. The first-order valence-electron chi connectivity index (χ1n) is 14.8. The third kappa shape index (κ3) is 3.19. The zero-order chi connectivity index (χ0) is 29.7. The molecule has 0 bridgehead atoms. The Morgan fingerprint density at radius 1 is 0.605 bits per heavy atom. The Morgan fingerprint density at radius 2 is 1.14 bits per heavy atom. The molecule has 43 heavy (non-hydrogen) atoms. The van der Waals surface area contributed by atoms with E-state index in [1.165, 1.54) is 38.3 Å². The molecule has 0 radical (unpaired) electrons. The van der Waals surface area contributed by atoms with Gasteiger partial charge in [-0.25, -0.2) is 0 Å². The number of fused-ring (bicyclic) bond motifs is 6. The number of hydrogen-bond donors (Lipinski definition) is 0. The summed E-state index contributed by atoms with van der Waals surface area (Å²) >= 11 is 0. The van der Waals surface area contributed by atoms with E-state index in [0.717, 1.165) is 22.5 Å². The molecule has 4 nitrogen and oxygen atoms in total. The average molecular weight is 569 g/mol. The predicted octanol–water partition coefficient (Wildman–Crippen LogP) is 5.93. The molecule has 8 rings (SSSR count). The molecule has 6 heteroatoms. The minimum Gasteiger partial charge on any atom is -0.375 e. The van der Waals surface area contributed by atoms with Crippen LogP contribution >= 0.6 is 0 Å². The van der Waals surface area contributed by atoms with E-state index in [4.69, 9.17) is 0 Å². The van der Waals surface area contributed by atoms with Gasteiger partial charge in [0.2, 0.25) is 0 Å². The lowest BCUT2D eigenvalue weighted by molar-refractivity contribution is 0.632. The van der Waals surface area contributed by atoms with Crippen molar-refractivity contribution < 1.29 is 0 Å². The first kappa shape index (κ1) is 25.7. The van der Waals surface area contributed by atoms with Gasteiger partial charge in [0.1, 0.15) is 20.2 Å². The van der Waals surface area contributed by atoms with Crippen LogP contribution in [0.15, 0.2) is 103 Å². The van der Waals surface area contributed by atoms with E-state index < -0.39 is 8.07 Å². The van der Waals surface area contributed by atoms with E-state index in [-0.39, 0.29) is 12.3 Å². The zero-order valence-corrected chi connectivity index (χ0v) is 25.7. The number of para-hydroxylation sites is 5. The van der Waals surface area contributed by atoms with Crippen LogP contribution in [-0.2, 0) is 5.41 Å². The van der Waals surface area contributed by atoms with Gasteiger partial charge in [0.25, 0.3) is 0 Å². The maximum Gasteiger partial charge on any atom is 0.332 e. The molecule has 0 saturated heterocycles. The van der Waals surface area contributed by atoms with E-state index in [1.54, 1.807) is 0 Å². The van der Waals surface area contributed by atoms with Crippen LogP contribution in [0.3, 0.4) is 0 Å². The van der Waals surface area contributed by atoms with Gasteiger partial charge in [0, 0.05) is 28.2 Å². The van der Waals surface area contributed by atoms with Crippen molar-refractivity contribution in [2.24, 2.45) is 0 Å². The Balaban J connectivity index is 1.53. The topological polar surface area (TPSA) is 54.1 Å². The van der Waals surface area contributed by atoms with Crippen LogP contribution in [-0.4, -0.2) is 14.9 Å². The van der Waals surface area contributed by atoms with Crippen LogP contribution in [0, 0.1) is 22.7 Å². The highest BCUT2D eigenvalue weighted by Crippen LogP contribution is 2.52. The quantitative estimate of drug-likeness (QED) is 0.235. The highest BCUT2D eigenvalue weighted by Gasteiger charge is 2.50. The van der Waals surface area contributed by atoms with E-state index in [9.17, 15) is 10.5 Å². The summed E-state index contributed by atoms with van der Waals surface area (Å²) in [7, 11) is -2.26. The van der Waals surface area contributed by atoms with Crippen LogP contribution in [0.2, 0.25) is 13.1 Å². The SMILES string of the molecule is CC1(C)c2ccccc2N2c3ccccc3B(N3c4c(C#N)cccc4[Si](C)(C)c4cccc(C#N)c43)c3cccc1c32. The van der Waals surface area contributed by atoms with Crippen molar-refractivity contribution in [2.75, 3.05) is 9.71 Å². The van der Waals surface area contributed by atoms with Gasteiger partial charge in [-0.1, -0.05) is 106 Å². The Morgan fingerprint density at radius 3 is 1.79 bits per heavy atom. The molecule has 3 heterocycles. The molecule has 0 amide bonds. The molecule has 0 atom stereocenters. The fourth-order valence-corrected chi connectivity index (χ4v) is 10.9. The Labute approximate surface area is 254 Å². The van der Waals surface area contributed by atoms with Gasteiger partial charge in [-0.3, -0.25) is 0 Å². The standard InChI is InChI=1S/C37H29BN4Si/c1-37(2)26-14-5-7-18-30(26)41-31-19-8-6-16-28(31)38(29-17-11-15-27(37)36(29)41)42-34-24(22-39)12-9-20-32(34)43(3,4)33-21-10-13-25(23-40)35(33)42/h5-21H,1-4H3. The molecule has 0 spiro atoms. The third-order valence-corrected chi connectivity index (χ3v) is 13.4. The first-order chi connectivity index (χ1) is 20.8. The second-order valence-corrected chi connectivity index (χ2v) is 17.1. The van der Waals surface area contributed by atoms with Crippen LogP contribution in [0.1, 0.15) is 36.1 Å². The molecule has 5 aromatic rings. The predicted molar refractivity (Wildman–Crippen MR) is 179 cm³/mol. The Kier molecular flexibility index (Phi) is 5.21. The van der Waals surface area contributed by atoms with Gasteiger partial charge in [0.05, 0.1) is 16.8 Å². The first-order valence-corrected chi connectivity index (χ1v) is 17.8.